The number of carbonyl (C=O) groups excluding carboxylic acids is 1. The van der Waals surface area contributed by atoms with Crippen LogP contribution in [0.25, 0.3) is 0 Å². The van der Waals surface area contributed by atoms with Gasteiger partial charge >= 0.3 is 0 Å². The molecule has 0 saturated heterocycles. The Morgan fingerprint density at radius 3 is 2.56 bits per heavy atom. The minimum Gasteiger partial charge on any atom is -0.296 e. The van der Waals surface area contributed by atoms with Crippen molar-refractivity contribution in [2.75, 3.05) is 5.32 Å². The number of nitrogens with zero attached hydrogens (tertiary/aromatic N) is 3. The summed E-state index contributed by atoms with van der Waals surface area (Å²) >= 11 is 1.19. The van der Waals surface area contributed by atoms with Crippen molar-refractivity contribution in [3.8, 4) is 0 Å². The van der Waals surface area contributed by atoms with E-state index in [1.54, 1.807) is 42.8 Å². The molecule has 1 N–H and O–H groups in total. The van der Waals surface area contributed by atoms with Gasteiger partial charge in [-0.3, -0.25) is 14.8 Å². The molecule has 0 aliphatic rings. The Bertz CT molecular complexity index is 1070. The van der Waals surface area contributed by atoms with Crippen LogP contribution >= 0.6 is 11.3 Å². The van der Waals surface area contributed by atoms with Crippen molar-refractivity contribution in [1.29, 1.82) is 0 Å². The molecule has 0 atom stereocenters. The number of aryl methyl sites for hydroxylation is 3. The topological polar surface area (TPSA) is 94.0 Å². The van der Waals surface area contributed by atoms with Gasteiger partial charge in [0.2, 0.25) is 0 Å². The molecule has 0 aliphatic heterocycles. The molecule has 0 fully saturated rings. The first kappa shape index (κ1) is 19.2. The summed E-state index contributed by atoms with van der Waals surface area (Å²) < 4.78 is 26.5. The molecule has 0 aliphatic carbocycles. The molecular weight excluding hydrogens is 384 g/mol. The molecule has 1 aromatic carbocycles. The average Bonchev–Trinajstić information content (AvgIpc) is 3.21. The van der Waals surface area contributed by atoms with Crippen LogP contribution in [0.1, 0.15) is 34.4 Å². The second-order valence-corrected chi connectivity index (χ2v) is 9.02. The zero-order chi connectivity index (χ0) is 19.6. The monoisotopic (exact) mass is 404 g/mol. The van der Waals surface area contributed by atoms with E-state index in [1.807, 2.05) is 13.8 Å². The molecule has 2 aromatic heterocycles. The van der Waals surface area contributed by atoms with E-state index >= 15 is 0 Å². The second kappa shape index (κ2) is 7.61. The van der Waals surface area contributed by atoms with Gasteiger partial charge in [0, 0.05) is 12.4 Å². The zero-order valence-electron chi connectivity index (χ0n) is 15.3. The SMILES string of the molecule is CCc1cc(C(=O)Nc2nc(CS(=O)(=O)c3ccc(C)cc3)cs2)n(C)n1. The van der Waals surface area contributed by atoms with Crippen LogP contribution in [0.15, 0.2) is 40.6 Å². The molecular formula is C18H20N4O3S2. The van der Waals surface area contributed by atoms with E-state index in [9.17, 15) is 13.2 Å². The third-order valence-corrected chi connectivity index (χ3v) is 6.49. The summed E-state index contributed by atoms with van der Waals surface area (Å²) in [4.78, 5) is 16.9. The van der Waals surface area contributed by atoms with E-state index < -0.39 is 9.84 Å². The molecule has 0 saturated carbocycles. The van der Waals surface area contributed by atoms with Gasteiger partial charge in [-0.2, -0.15) is 5.10 Å². The minimum atomic E-state index is -3.49. The summed E-state index contributed by atoms with van der Waals surface area (Å²) in [6, 6.07) is 8.43. The molecule has 9 heteroatoms. The average molecular weight is 405 g/mol. The number of hydrogen-bond donors (Lipinski definition) is 1. The van der Waals surface area contributed by atoms with E-state index in [1.165, 1.54) is 16.0 Å². The molecule has 27 heavy (non-hydrogen) atoms. The largest absolute Gasteiger partial charge is 0.296 e. The smallest absolute Gasteiger partial charge is 0.275 e. The Balaban J connectivity index is 1.72. The number of hydrogen-bond acceptors (Lipinski definition) is 6. The number of sulfone groups is 1. The summed E-state index contributed by atoms with van der Waals surface area (Å²) in [5, 5.41) is 8.94. The van der Waals surface area contributed by atoms with Gasteiger partial charge in [0.25, 0.3) is 5.91 Å². The van der Waals surface area contributed by atoms with Crippen LogP contribution in [0.4, 0.5) is 5.13 Å². The first-order valence-electron chi connectivity index (χ1n) is 8.36. The fourth-order valence-corrected chi connectivity index (χ4v) is 4.59. The molecule has 0 bridgehead atoms. The molecule has 142 valence electrons. The van der Waals surface area contributed by atoms with Gasteiger partial charge in [-0.25, -0.2) is 13.4 Å². The zero-order valence-corrected chi connectivity index (χ0v) is 16.9. The maximum absolute atomic E-state index is 12.5. The molecule has 7 nitrogen and oxygen atoms in total. The number of carbonyl (C=O) groups is 1. The van der Waals surface area contributed by atoms with Gasteiger partial charge in [-0.05, 0) is 31.5 Å². The van der Waals surface area contributed by atoms with Crippen LogP contribution in [-0.2, 0) is 29.1 Å². The summed E-state index contributed by atoms with van der Waals surface area (Å²) in [5.74, 6) is -0.541. The van der Waals surface area contributed by atoms with Gasteiger partial charge in [0.1, 0.15) is 5.69 Å². The predicted octanol–water partition coefficient (Wildman–Crippen LogP) is 2.97. The minimum absolute atomic E-state index is 0.214. The second-order valence-electron chi connectivity index (χ2n) is 6.17. The molecule has 3 aromatic rings. The highest BCUT2D eigenvalue weighted by Crippen LogP contribution is 2.21. The lowest BCUT2D eigenvalue weighted by Crippen LogP contribution is -2.16. The summed E-state index contributed by atoms with van der Waals surface area (Å²) in [7, 11) is -1.78. The van der Waals surface area contributed by atoms with Crippen molar-refractivity contribution >= 4 is 32.2 Å². The van der Waals surface area contributed by atoms with Crippen LogP contribution < -0.4 is 5.32 Å². The Morgan fingerprint density at radius 2 is 1.93 bits per heavy atom. The lowest BCUT2D eigenvalue weighted by Gasteiger charge is -2.03. The molecule has 1 amide bonds. The first-order valence-corrected chi connectivity index (χ1v) is 10.9. The highest BCUT2D eigenvalue weighted by Gasteiger charge is 2.19. The van der Waals surface area contributed by atoms with Crippen molar-refractivity contribution in [2.24, 2.45) is 7.05 Å². The fraction of sp³-hybridized carbons (Fsp3) is 0.278. The van der Waals surface area contributed by atoms with Gasteiger partial charge in [0.15, 0.2) is 15.0 Å². The summed E-state index contributed by atoms with van der Waals surface area (Å²) in [6.07, 6.45) is 0.736. The number of nitrogens with one attached hydrogen (secondary N) is 1. The first-order chi connectivity index (χ1) is 12.8. The standard InChI is InChI=1S/C18H20N4O3S2/c1-4-13-9-16(22(3)21-13)17(23)20-18-19-14(10-26-18)11-27(24,25)15-7-5-12(2)6-8-15/h5-10H,4,11H2,1-3H3,(H,19,20,23). The maximum atomic E-state index is 12.5. The molecule has 3 rings (SSSR count). The highest BCUT2D eigenvalue weighted by atomic mass is 32.2. The molecule has 0 radical (unpaired) electrons. The number of anilines is 1. The Hall–Kier alpha value is -2.52. The normalized spacial score (nSPS) is 11.5. The third kappa shape index (κ3) is 4.42. The fourth-order valence-electron chi connectivity index (χ4n) is 2.53. The number of rotatable bonds is 6. The van der Waals surface area contributed by atoms with Crippen LogP contribution in [0, 0.1) is 6.92 Å². The Morgan fingerprint density at radius 1 is 1.22 bits per heavy atom. The summed E-state index contributed by atoms with van der Waals surface area (Å²) in [6.45, 7) is 3.86. The van der Waals surface area contributed by atoms with E-state index in [2.05, 4.69) is 15.4 Å². The van der Waals surface area contributed by atoms with Crippen molar-refractivity contribution in [2.45, 2.75) is 30.9 Å². The van der Waals surface area contributed by atoms with Gasteiger partial charge in [0.05, 0.1) is 22.0 Å². The lowest BCUT2D eigenvalue weighted by molar-refractivity contribution is 0.101. The van der Waals surface area contributed by atoms with Gasteiger partial charge < -0.3 is 0 Å². The van der Waals surface area contributed by atoms with Crippen LogP contribution in [-0.4, -0.2) is 29.1 Å². The molecule has 0 unspecified atom stereocenters. The van der Waals surface area contributed by atoms with Crippen LogP contribution in [0.2, 0.25) is 0 Å². The Kier molecular flexibility index (Phi) is 5.43. The lowest BCUT2D eigenvalue weighted by atomic mass is 10.2. The van der Waals surface area contributed by atoms with Crippen molar-refractivity contribution in [3.63, 3.8) is 0 Å². The third-order valence-electron chi connectivity index (χ3n) is 4.02. The molecule has 0 spiro atoms. The Labute approximate surface area is 162 Å². The van der Waals surface area contributed by atoms with Gasteiger partial charge in [-0.15, -0.1) is 11.3 Å². The van der Waals surface area contributed by atoms with Crippen molar-refractivity contribution < 1.29 is 13.2 Å². The number of aromatic nitrogens is 3. The van der Waals surface area contributed by atoms with Crippen molar-refractivity contribution in [3.05, 3.63) is 58.4 Å². The van der Waals surface area contributed by atoms with E-state index in [-0.39, 0.29) is 16.6 Å². The van der Waals surface area contributed by atoms with E-state index in [4.69, 9.17) is 0 Å². The molecule has 2 heterocycles. The summed E-state index contributed by atoms with van der Waals surface area (Å²) in [5.41, 5.74) is 2.65. The number of benzene rings is 1. The van der Waals surface area contributed by atoms with Crippen molar-refractivity contribution in [1.82, 2.24) is 14.8 Å². The van der Waals surface area contributed by atoms with E-state index in [0.717, 1.165) is 17.7 Å². The quantitative estimate of drug-likeness (QED) is 0.682. The highest BCUT2D eigenvalue weighted by molar-refractivity contribution is 7.90. The van der Waals surface area contributed by atoms with E-state index in [0.29, 0.717) is 16.5 Å². The van der Waals surface area contributed by atoms with Crippen LogP contribution in [0.3, 0.4) is 0 Å². The van der Waals surface area contributed by atoms with Gasteiger partial charge in [-0.1, -0.05) is 24.6 Å². The number of amides is 1. The predicted molar refractivity (Wildman–Crippen MR) is 105 cm³/mol. The van der Waals surface area contributed by atoms with Crippen LogP contribution in [0.5, 0.6) is 0 Å². The maximum Gasteiger partial charge on any atom is 0.275 e. The number of thiazole rings is 1.